The van der Waals surface area contributed by atoms with Crippen LogP contribution in [0, 0.1) is 5.92 Å². The van der Waals surface area contributed by atoms with E-state index in [0.29, 0.717) is 16.0 Å². The molecular formula is C13H19Cl2N3. The Balaban J connectivity index is 2.07. The molecule has 0 bridgehead atoms. The highest BCUT2D eigenvalue weighted by molar-refractivity contribution is 6.36. The van der Waals surface area contributed by atoms with Gasteiger partial charge in [-0.25, -0.2) is 4.98 Å². The first-order chi connectivity index (χ1) is 8.70. The summed E-state index contributed by atoms with van der Waals surface area (Å²) < 4.78 is 0. The molecule has 1 fully saturated rings. The summed E-state index contributed by atoms with van der Waals surface area (Å²) in [6.07, 6.45) is 4.18. The largest absolute Gasteiger partial charge is 0.355 e. The summed E-state index contributed by atoms with van der Waals surface area (Å²) >= 11 is 12.1. The molecule has 0 amide bonds. The summed E-state index contributed by atoms with van der Waals surface area (Å²) in [5, 5.41) is 4.65. The summed E-state index contributed by atoms with van der Waals surface area (Å²) in [4.78, 5) is 6.59. The van der Waals surface area contributed by atoms with Crippen LogP contribution in [0.4, 0.5) is 5.82 Å². The van der Waals surface area contributed by atoms with Crippen LogP contribution in [-0.4, -0.2) is 31.2 Å². The third-order valence-corrected chi connectivity index (χ3v) is 3.83. The van der Waals surface area contributed by atoms with Gasteiger partial charge in [0.1, 0.15) is 5.82 Å². The number of pyridine rings is 1. The third-order valence-electron chi connectivity index (χ3n) is 3.35. The quantitative estimate of drug-likeness (QED) is 0.922. The average Bonchev–Trinajstić information content (AvgIpc) is 2.38. The van der Waals surface area contributed by atoms with Gasteiger partial charge in [-0.1, -0.05) is 23.2 Å². The lowest BCUT2D eigenvalue weighted by Gasteiger charge is -2.30. The number of piperidine rings is 1. The van der Waals surface area contributed by atoms with Crippen molar-refractivity contribution < 1.29 is 0 Å². The van der Waals surface area contributed by atoms with Gasteiger partial charge in [0, 0.05) is 19.3 Å². The van der Waals surface area contributed by atoms with Gasteiger partial charge in [-0.2, -0.15) is 0 Å². The Labute approximate surface area is 118 Å². The van der Waals surface area contributed by atoms with Crippen LogP contribution in [-0.2, 0) is 0 Å². The number of anilines is 1. The molecule has 0 aliphatic carbocycles. The Morgan fingerprint density at radius 2 is 2.33 bits per heavy atom. The maximum atomic E-state index is 6.22. The van der Waals surface area contributed by atoms with Crippen LogP contribution in [0.2, 0.25) is 10.0 Å². The van der Waals surface area contributed by atoms with E-state index in [9.17, 15) is 0 Å². The van der Waals surface area contributed by atoms with Crippen LogP contribution in [0.25, 0.3) is 0 Å². The maximum absolute atomic E-state index is 6.22. The van der Waals surface area contributed by atoms with Gasteiger partial charge in [-0.05, 0) is 44.8 Å². The number of halogens is 2. The van der Waals surface area contributed by atoms with Crippen molar-refractivity contribution in [1.82, 2.24) is 10.3 Å². The molecule has 0 spiro atoms. The molecule has 1 aromatic rings. The van der Waals surface area contributed by atoms with Gasteiger partial charge in [0.2, 0.25) is 0 Å². The summed E-state index contributed by atoms with van der Waals surface area (Å²) in [6, 6.07) is 1.76. The van der Waals surface area contributed by atoms with Crippen molar-refractivity contribution in [2.24, 2.45) is 5.92 Å². The zero-order chi connectivity index (χ0) is 13.0. The number of hydrogen-bond acceptors (Lipinski definition) is 3. The number of rotatable bonds is 4. The van der Waals surface area contributed by atoms with Crippen LogP contribution in [0.15, 0.2) is 12.3 Å². The normalized spacial score (nSPS) is 19.8. The van der Waals surface area contributed by atoms with Crippen LogP contribution in [0.5, 0.6) is 0 Å². The first kappa shape index (κ1) is 13.9. The average molecular weight is 288 g/mol. The molecule has 18 heavy (non-hydrogen) atoms. The van der Waals surface area contributed by atoms with Crippen molar-refractivity contribution in [2.45, 2.75) is 19.8 Å². The second kappa shape index (κ2) is 6.60. The topological polar surface area (TPSA) is 28.2 Å². The Bertz CT molecular complexity index is 392. The molecule has 1 saturated heterocycles. The van der Waals surface area contributed by atoms with Gasteiger partial charge in [0.05, 0.1) is 10.0 Å². The highest BCUT2D eigenvalue weighted by Crippen LogP contribution is 2.27. The standard InChI is InChI=1S/C13H19Cl2N3/c1-2-18(9-10-4-3-5-16-7-10)13-12(15)6-11(14)8-17-13/h6,8,10,16H,2-5,7,9H2,1H3. The molecule has 5 heteroatoms. The molecule has 1 aliphatic heterocycles. The minimum atomic E-state index is 0.583. The molecule has 1 aromatic heterocycles. The van der Waals surface area contributed by atoms with Crippen LogP contribution >= 0.6 is 23.2 Å². The summed E-state index contributed by atoms with van der Waals surface area (Å²) in [6.45, 7) is 6.26. The molecule has 1 aliphatic rings. The zero-order valence-electron chi connectivity index (χ0n) is 10.6. The van der Waals surface area contributed by atoms with Gasteiger partial charge in [-0.15, -0.1) is 0 Å². The molecule has 0 saturated carbocycles. The van der Waals surface area contributed by atoms with E-state index in [-0.39, 0.29) is 0 Å². The lowest BCUT2D eigenvalue weighted by atomic mass is 9.99. The minimum Gasteiger partial charge on any atom is -0.355 e. The Morgan fingerprint density at radius 1 is 1.50 bits per heavy atom. The van der Waals surface area contributed by atoms with Gasteiger partial charge in [0.15, 0.2) is 0 Å². The highest BCUT2D eigenvalue weighted by Gasteiger charge is 2.18. The monoisotopic (exact) mass is 287 g/mol. The second-order valence-electron chi connectivity index (χ2n) is 4.71. The summed E-state index contributed by atoms with van der Waals surface area (Å²) in [5.41, 5.74) is 0. The molecular weight excluding hydrogens is 269 g/mol. The van der Waals surface area contributed by atoms with Gasteiger partial charge in [-0.3, -0.25) is 0 Å². The SMILES string of the molecule is CCN(CC1CCCNC1)c1ncc(Cl)cc1Cl. The molecule has 1 N–H and O–H groups in total. The van der Waals surface area contributed by atoms with Crippen molar-refractivity contribution in [1.29, 1.82) is 0 Å². The van der Waals surface area contributed by atoms with Crippen molar-refractivity contribution in [3.63, 3.8) is 0 Å². The van der Waals surface area contributed by atoms with Crippen LogP contribution < -0.4 is 10.2 Å². The summed E-state index contributed by atoms with van der Waals surface area (Å²) in [5.74, 6) is 1.52. The molecule has 0 radical (unpaired) electrons. The Hall–Kier alpha value is -0.510. The van der Waals surface area contributed by atoms with Crippen molar-refractivity contribution >= 4 is 29.0 Å². The predicted octanol–water partition coefficient (Wildman–Crippen LogP) is 3.21. The van der Waals surface area contributed by atoms with E-state index in [4.69, 9.17) is 23.2 Å². The number of nitrogens with one attached hydrogen (secondary N) is 1. The number of nitrogens with zero attached hydrogens (tertiary/aromatic N) is 2. The van der Waals surface area contributed by atoms with E-state index in [0.717, 1.165) is 32.0 Å². The summed E-state index contributed by atoms with van der Waals surface area (Å²) in [7, 11) is 0. The molecule has 2 rings (SSSR count). The van der Waals surface area contributed by atoms with E-state index in [2.05, 4.69) is 22.1 Å². The molecule has 2 heterocycles. The van der Waals surface area contributed by atoms with Crippen LogP contribution in [0.1, 0.15) is 19.8 Å². The zero-order valence-corrected chi connectivity index (χ0v) is 12.1. The fourth-order valence-electron chi connectivity index (χ4n) is 2.40. The molecule has 1 unspecified atom stereocenters. The minimum absolute atomic E-state index is 0.583. The molecule has 0 aromatic carbocycles. The van der Waals surface area contributed by atoms with E-state index >= 15 is 0 Å². The van der Waals surface area contributed by atoms with Crippen molar-refractivity contribution in [3.8, 4) is 0 Å². The van der Waals surface area contributed by atoms with Crippen molar-refractivity contribution in [2.75, 3.05) is 31.1 Å². The number of hydrogen-bond donors (Lipinski definition) is 1. The second-order valence-corrected chi connectivity index (χ2v) is 5.55. The smallest absolute Gasteiger partial charge is 0.147 e. The van der Waals surface area contributed by atoms with Gasteiger partial charge >= 0.3 is 0 Å². The van der Waals surface area contributed by atoms with E-state index in [1.165, 1.54) is 12.8 Å². The van der Waals surface area contributed by atoms with E-state index < -0.39 is 0 Å². The molecule has 3 nitrogen and oxygen atoms in total. The molecule has 100 valence electrons. The Kier molecular flexibility index (Phi) is 5.10. The first-order valence-corrected chi connectivity index (χ1v) is 7.23. The van der Waals surface area contributed by atoms with Gasteiger partial charge < -0.3 is 10.2 Å². The predicted molar refractivity (Wildman–Crippen MR) is 77.7 cm³/mol. The molecule has 1 atom stereocenters. The highest BCUT2D eigenvalue weighted by atomic mass is 35.5. The van der Waals surface area contributed by atoms with Gasteiger partial charge in [0.25, 0.3) is 0 Å². The fraction of sp³-hybridized carbons (Fsp3) is 0.615. The van der Waals surface area contributed by atoms with Crippen LogP contribution in [0.3, 0.4) is 0 Å². The van der Waals surface area contributed by atoms with Crippen molar-refractivity contribution in [3.05, 3.63) is 22.3 Å². The fourth-order valence-corrected chi connectivity index (χ4v) is 2.90. The Morgan fingerprint density at radius 3 is 2.94 bits per heavy atom. The first-order valence-electron chi connectivity index (χ1n) is 6.47. The maximum Gasteiger partial charge on any atom is 0.147 e. The lowest BCUT2D eigenvalue weighted by molar-refractivity contribution is 0.377. The lowest BCUT2D eigenvalue weighted by Crippen LogP contribution is -2.38. The number of aromatic nitrogens is 1. The third kappa shape index (κ3) is 3.50. The van der Waals surface area contributed by atoms with E-state index in [1.807, 2.05) is 0 Å². The van der Waals surface area contributed by atoms with E-state index in [1.54, 1.807) is 12.3 Å².